The zero-order valence-electron chi connectivity index (χ0n) is 14.9. The van der Waals surface area contributed by atoms with Gasteiger partial charge in [-0.3, -0.25) is 9.59 Å². The summed E-state index contributed by atoms with van der Waals surface area (Å²) in [6, 6.07) is 13.6. The van der Waals surface area contributed by atoms with Gasteiger partial charge in [-0.05, 0) is 55.2 Å². The Hall–Kier alpha value is -2.82. The number of nitrogens with zero attached hydrogens (tertiary/aromatic N) is 1. The van der Waals surface area contributed by atoms with Gasteiger partial charge in [0.05, 0.1) is 5.92 Å². The molecule has 5 heteroatoms. The fourth-order valence-electron chi connectivity index (χ4n) is 3.92. The number of amides is 2. The Morgan fingerprint density at radius 1 is 1.19 bits per heavy atom. The molecule has 0 aliphatic carbocycles. The van der Waals surface area contributed by atoms with Gasteiger partial charge < -0.3 is 15.5 Å². The first kappa shape index (κ1) is 16.6. The molecule has 0 bridgehead atoms. The van der Waals surface area contributed by atoms with E-state index in [-0.39, 0.29) is 18.2 Å². The van der Waals surface area contributed by atoms with Crippen LogP contribution in [-0.2, 0) is 9.59 Å². The Kier molecular flexibility index (Phi) is 4.37. The van der Waals surface area contributed by atoms with Crippen LogP contribution in [0.4, 0.5) is 17.1 Å². The van der Waals surface area contributed by atoms with Gasteiger partial charge in [-0.1, -0.05) is 18.2 Å². The van der Waals surface area contributed by atoms with Crippen LogP contribution in [0.1, 0.15) is 36.3 Å². The molecule has 0 radical (unpaired) electrons. The van der Waals surface area contributed by atoms with Crippen molar-refractivity contribution in [3.05, 3.63) is 53.6 Å². The van der Waals surface area contributed by atoms with E-state index >= 15 is 0 Å². The van der Waals surface area contributed by atoms with Gasteiger partial charge in [0.25, 0.3) is 0 Å². The zero-order valence-corrected chi connectivity index (χ0v) is 14.9. The number of anilines is 3. The number of benzene rings is 2. The largest absolute Gasteiger partial charge is 0.371 e. The minimum atomic E-state index is -0.420. The maximum Gasteiger partial charge on any atom is 0.232 e. The van der Waals surface area contributed by atoms with Gasteiger partial charge in [-0.25, -0.2) is 0 Å². The van der Waals surface area contributed by atoms with E-state index in [1.54, 1.807) is 0 Å². The van der Waals surface area contributed by atoms with Gasteiger partial charge in [-0.15, -0.1) is 0 Å². The van der Waals surface area contributed by atoms with E-state index in [2.05, 4.69) is 28.5 Å². The quantitative estimate of drug-likeness (QED) is 0.885. The monoisotopic (exact) mass is 349 g/mol. The molecule has 1 atom stereocenters. The molecule has 2 amide bonds. The number of carbonyl (C=O) groups excluding carboxylic acids is 2. The van der Waals surface area contributed by atoms with Crippen LogP contribution in [0.25, 0.3) is 0 Å². The molecule has 0 unspecified atom stereocenters. The first-order chi connectivity index (χ1) is 12.6. The van der Waals surface area contributed by atoms with Gasteiger partial charge in [-0.2, -0.15) is 0 Å². The van der Waals surface area contributed by atoms with E-state index in [0.717, 1.165) is 35.6 Å². The van der Waals surface area contributed by atoms with Crippen LogP contribution in [0.15, 0.2) is 42.5 Å². The standard InChI is InChI=1S/C21H23N3O2/c1-14-12-15(8-9-19(14)24-10-4-5-11-24)22-20(25)13-17-16-6-2-3-7-18(16)23-21(17)26/h2-3,6-9,12,17H,4-5,10-11,13H2,1H3,(H,22,25)(H,23,26)/t17-/m1/s1. The van der Waals surface area contributed by atoms with E-state index in [9.17, 15) is 9.59 Å². The maximum absolute atomic E-state index is 12.5. The predicted octanol–water partition coefficient (Wildman–Crippen LogP) is 3.66. The van der Waals surface area contributed by atoms with Crippen LogP contribution in [0, 0.1) is 6.92 Å². The van der Waals surface area contributed by atoms with Crippen molar-refractivity contribution in [2.75, 3.05) is 28.6 Å². The number of rotatable bonds is 4. The summed E-state index contributed by atoms with van der Waals surface area (Å²) >= 11 is 0. The fraction of sp³-hybridized carbons (Fsp3) is 0.333. The summed E-state index contributed by atoms with van der Waals surface area (Å²) in [6.07, 6.45) is 2.63. The van der Waals surface area contributed by atoms with Gasteiger partial charge in [0.2, 0.25) is 11.8 Å². The van der Waals surface area contributed by atoms with Crippen molar-refractivity contribution < 1.29 is 9.59 Å². The van der Waals surface area contributed by atoms with E-state index in [0.29, 0.717) is 0 Å². The van der Waals surface area contributed by atoms with E-state index in [1.807, 2.05) is 36.4 Å². The van der Waals surface area contributed by atoms with Crippen LogP contribution in [0.3, 0.4) is 0 Å². The average Bonchev–Trinajstić information content (AvgIpc) is 3.24. The highest BCUT2D eigenvalue weighted by Crippen LogP contribution is 2.34. The molecule has 26 heavy (non-hydrogen) atoms. The summed E-state index contributed by atoms with van der Waals surface area (Å²) < 4.78 is 0. The molecule has 2 aromatic rings. The van der Waals surface area contributed by atoms with Crippen LogP contribution >= 0.6 is 0 Å². The number of para-hydroxylation sites is 1. The molecule has 2 aliphatic rings. The van der Waals surface area contributed by atoms with Crippen LogP contribution in [0.2, 0.25) is 0 Å². The first-order valence-corrected chi connectivity index (χ1v) is 9.17. The molecule has 134 valence electrons. The van der Waals surface area contributed by atoms with Gasteiger partial charge in [0.1, 0.15) is 0 Å². The zero-order chi connectivity index (χ0) is 18.1. The molecule has 1 fully saturated rings. The number of aryl methyl sites for hydroxylation is 1. The molecule has 2 N–H and O–H groups in total. The second-order valence-electron chi connectivity index (χ2n) is 7.08. The Morgan fingerprint density at radius 2 is 1.96 bits per heavy atom. The molecule has 2 heterocycles. The van der Waals surface area contributed by atoms with Crippen molar-refractivity contribution in [1.29, 1.82) is 0 Å². The minimum absolute atomic E-state index is 0.109. The molecule has 2 aliphatic heterocycles. The smallest absolute Gasteiger partial charge is 0.232 e. The molecular weight excluding hydrogens is 326 g/mol. The molecular formula is C21H23N3O2. The van der Waals surface area contributed by atoms with Crippen molar-refractivity contribution in [2.45, 2.75) is 32.1 Å². The molecule has 0 spiro atoms. The Morgan fingerprint density at radius 3 is 2.73 bits per heavy atom. The summed E-state index contributed by atoms with van der Waals surface area (Å²) in [6.45, 7) is 4.27. The highest BCUT2D eigenvalue weighted by molar-refractivity contribution is 6.06. The van der Waals surface area contributed by atoms with Crippen molar-refractivity contribution in [3.8, 4) is 0 Å². The number of carbonyl (C=O) groups is 2. The summed E-state index contributed by atoms with van der Waals surface area (Å²) in [4.78, 5) is 27.0. The second-order valence-corrected chi connectivity index (χ2v) is 7.08. The SMILES string of the molecule is Cc1cc(NC(=O)C[C@H]2C(=O)Nc3ccccc32)ccc1N1CCCC1. The molecule has 0 aromatic heterocycles. The Labute approximate surface area is 153 Å². The van der Waals surface area contributed by atoms with Gasteiger partial charge in [0.15, 0.2) is 0 Å². The lowest BCUT2D eigenvalue weighted by atomic mass is 9.97. The molecule has 4 rings (SSSR count). The minimum Gasteiger partial charge on any atom is -0.371 e. The van der Waals surface area contributed by atoms with Gasteiger partial charge in [0, 0.05) is 36.6 Å². The van der Waals surface area contributed by atoms with Crippen LogP contribution in [-0.4, -0.2) is 24.9 Å². The van der Waals surface area contributed by atoms with E-state index < -0.39 is 5.92 Å². The van der Waals surface area contributed by atoms with E-state index in [1.165, 1.54) is 18.5 Å². The molecule has 0 saturated carbocycles. The summed E-state index contributed by atoms with van der Waals surface area (Å²) in [7, 11) is 0. The molecule has 5 nitrogen and oxygen atoms in total. The predicted molar refractivity (Wildman–Crippen MR) is 104 cm³/mol. The first-order valence-electron chi connectivity index (χ1n) is 9.17. The van der Waals surface area contributed by atoms with Crippen molar-refractivity contribution in [2.24, 2.45) is 0 Å². The van der Waals surface area contributed by atoms with Crippen molar-refractivity contribution >= 4 is 28.9 Å². The lowest BCUT2D eigenvalue weighted by molar-refractivity contribution is -0.122. The fourth-order valence-corrected chi connectivity index (χ4v) is 3.92. The van der Waals surface area contributed by atoms with Crippen molar-refractivity contribution in [3.63, 3.8) is 0 Å². The van der Waals surface area contributed by atoms with Crippen LogP contribution in [0.5, 0.6) is 0 Å². The molecule has 1 saturated heterocycles. The topological polar surface area (TPSA) is 61.4 Å². The summed E-state index contributed by atoms with van der Waals surface area (Å²) in [5.74, 6) is -0.673. The maximum atomic E-state index is 12.5. The van der Waals surface area contributed by atoms with E-state index in [4.69, 9.17) is 0 Å². The average molecular weight is 349 g/mol. The number of nitrogens with one attached hydrogen (secondary N) is 2. The second kappa shape index (κ2) is 6.83. The normalized spacial score (nSPS) is 18.6. The highest BCUT2D eigenvalue weighted by Gasteiger charge is 2.31. The third-order valence-corrected chi connectivity index (χ3v) is 5.23. The number of hydrogen-bond donors (Lipinski definition) is 2. The number of fused-ring (bicyclic) bond motifs is 1. The van der Waals surface area contributed by atoms with Crippen LogP contribution < -0.4 is 15.5 Å². The highest BCUT2D eigenvalue weighted by atomic mass is 16.2. The van der Waals surface area contributed by atoms with Crippen molar-refractivity contribution in [1.82, 2.24) is 0 Å². The third kappa shape index (κ3) is 3.17. The summed E-state index contributed by atoms with van der Waals surface area (Å²) in [5, 5.41) is 5.78. The lowest BCUT2D eigenvalue weighted by Crippen LogP contribution is -2.21. The Balaban J connectivity index is 1.44. The molecule has 2 aromatic carbocycles. The third-order valence-electron chi connectivity index (χ3n) is 5.23. The Bertz CT molecular complexity index is 856. The van der Waals surface area contributed by atoms with Gasteiger partial charge >= 0.3 is 0 Å². The summed E-state index contributed by atoms with van der Waals surface area (Å²) in [5.41, 5.74) is 4.88. The number of hydrogen-bond acceptors (Lipinski definition) is 3. The lowest BCUT2D eigenvalue weighted by Gasteiger charge is -2.21.